The number of unbranched alkanes of at least 4 members (excludes halogenated alkanes) is 1. The molecule has 0 spiro atoms. The number of carbonyl (C=O) groups excluding carboxylic acids is 4. The van der Waals surface area contributed by atoms with Crippen LogP contribution in [0.25, 0.3) is 0 Å². The van der Waals surface area contributed by atoms with Gasteiger partial charge in [-0.15, -0.1) is 0 Å². The van der Waals surface area contributed by atoms with Gasteiger partial charge in [-0.25, -0.2) is 0 Å². The van der Waals surface area contributed by atoms with Gasteiger partial charge in [0.15, 0.2) is 5.78 Å². The summed E-state index contributed by atoms with van der Waals surface area (Å²) >= 11 is 0. The molecule has 0 aromatic heterocycles. The molecule has 0 aromatic rings. The molecule has 0 radical (unpaired) electrons. The lowest BCUT2D eigenvalue weighted by Gasteiger charge is -2.23. The summed E-state index contributed by atoms with van der Waals surface area (Å²) in [7, 11) is 1.62. The Morgan fingerprint density at radius 2 is 1.39 bits per heavy atom. The summed E-state index contributed by atoms with van der Waals surface area (Å²) in [5.74, 6) is -1.29. The van der Waals surface area contributed by atoms with Crippen molar-refractivity contribution in [3.63, 3.8) is 0 Å². The molecule has 0 aliphatic heterocycles. The average molecular weight is 517 g/mol. The topological polar surface area (TPSA) is 129 Å². The maximum atomic E-state index is 12.8. The van der Waals surface area contributed by atoms with Gasteiger partial charge < -0.3 is 29.6 Å². The Labute approximate surface area is 216 Å². The molecule has 0 bridgehead atoms. The van der Waals surface area contributed by atoms with E-state index in [4.69, 9.17) is 18.9 Å². The number of nitrogens with one attached hydrogen (secondary N) is 2. The lowest BCUT2D eigenvalue weighted by Crippen LogP contribution is -2.45. The number of rotatable bonds is 24. The van der Waals surface area contributed by atoms with Gasteiger partial charge in [-0.05, 0) is 25.7 Å². The van der Waals surface area contributed by atoms with Gasteiger partial charge in [0.05, 0.1) is 52.3 Å². The first-order valence-corrected chi connectivity index (χ1v) is 13.0. The predicted molar refractivity (Wildman–Crippen MR) is 137 cm³/mol. The molecule has 2 amide bonds. The summed E-state index contributed by atoms with van der Waals surface area (Å²) in [6.45, 7) is 10.8. The van der Waals surface area contributed by atoms with Gasteiger partial charge in [-0.2, -0.15) is 0 Å². The minimum atomic E-state index is -0.630. The fourth-order valence-electron chi connectivity index (χ4n) is 3.36. The van der Waals surface area contributed by atoms with E-state index in [0.717, 1.165) is 12.8 Å². The van der Waals surface area contributed by atoms with E-state index in [0.29, 0.717) is 59.2 Å². The highest BCUT2D eigenvalue weighted by atomic mass is 16.6. The van der Waals surface area contributed by atoms with Crippen molar-refractivity contribution in [2.75, 3.05) is 59.9 Å². The van der Waals surface area contributed by atoms with Crippen molar-refractivity contribution in [3.8, 4) is 0 Å². The van der Waals surface area contributed by atoms with Gasteiger partial charge >= 0.3 is 0 Å². The highest BCUT2D eigenvalue weighted by Crippen LogP contribution is 2.17. The van der Waals surface area contributed by atoms with Crippen LogP contribution in [0.15, 0.2) is 0 Å². The van der Waals surface area contributed by atoms with E-state index in [9.17, 15) is 19.2 Å². The second kappa shape index (κ2) is 22.3. The highest BCUT2D eigenvalue weighted by molar-refractivity contribution is 5.92. The van der Waals surface area contributed by atoms with E-state index in [1.54, 1.807) is 7.11 Å². The lowest BCUT2D eigenvalue weighted by molar-refractivity contribution is -0.131. The Hall–Kier alpha value is -1.88. The number of ketones is 2. The van der Waals surface area contributed by atoms with Gasteiger partial charge in [0.2, 0.25) is 11.8 Å². The molecule has 0 unspecified atom stereocenters. The predicted octanol–water partition coefficient (Wildman–Crippen LogP) is 2.07. The molecule has 10 heteroatoms. The van der Waals surface area contributed by atoms with Crippen molar-refractivity contribution in [1.29, 1.82) is 0 Å². The molecule has 10 nitrogen and oxygen atoms in total. The highest BCUT2D eigenvalue weighted by Gasteiger charge is 2.28. The zero-order valence-electron chi connectivity index (χ0n) is 22.9. The van der Waals surface area contributed by atoms with Gasteiger partial charge in [0.1, 0.15) is 5.78 Å². The summed E-state index contributed by atoms with van der Waals surface area (Å²) in [5.41, 5.74) is 0. The van der Waals surface area contributed by atoms with E-state index < -0.39 is 12.0 Å². The van der Waals surface area contributed by atoms with E-state index in [1.165, 1.54) is 6.92 Å². The summed E-state index contributed by atoms with van der Waals surface area (Å²) < 4.78 is 20.9. The Kier molecular flexibility index (Phi) is 21.2. The smallest absolute Gasteiger partial charge is 0.220 e. The summed E-state index contributed by atoms with van der Waals surface area (Å²) in [4.78, 5) is 49.2. The third-order valence-electron chi connectivity index (χ3n) is 5.57. The fraction of sp³-hybridized carbons (Fsp3) is 0.846. The van der Waals surface area contributed by atoms with E-state index in [1.807, 2.05) is 20.8 Å². The first kappa shape index (κ1) is 34.1. The van der Waals surface area contributed by atoms with Crippen molar-refractivity contribution < 1.29 is 38.1 Å². The van der Waals surface area contributed by atoms with Crippen LogP contribution in [0.2, 0.25) is 0 Å². The van der Waals surface area contributed by atoms with Gasteiger partial charge in [-0.1, -0.05) is 27.2 Å². The Morgan fingerprint density at radius 1 is 0.806 bits per heavy atom. The van der Waals surface area contributed by atoms with Crippen molar-refractivity contribution in [1.82, 2.24) is 10.6 Å². The Balaban J connectivity index is 4.17. The van der Waals surface area contributed by atoms with Gasteiger partial charge in [0, 0.05) is 38.8 Å². The number of carbonyl (C=O) groups is 4. The van der Waals surface area contributed by atoms with Crippen LogP contribution < -0.4 is 10.6 Å². The first-order chi connectivity index (χ1) is 17.2. The maximum absolute atomic E-state index is 12.8. The standard InChI is InChI=1S/C26H48N2O8/c1-6-7-8-25(32)28-26(20(2)3)23(30)19-22(21(4)29)9-10-24(31)27-11-12-34-15-16-36-18-17-35-14-13-33-5/h20,22,26H,6-19H2,1-5H3,(H,27,31)(H,28,32)/t22-,26+/m1/s1. The number of methoxy groups -OCH3 is 1. The minimum absolute atomic E-state index is 0.0139. The molecule has 2 N–H and O–H groups in total. The molecule has 2 atom stereocenters. The van der Waals surface area contributed by atoms with Crippen LogP contribution in [-0.4, -0.2) is 89.3 Å². The van der Waals surface area contributed by atoms with E-state index >= 15 is 0 Å². The average Bonchev–Trinajstić information content (AvgIpc) is 2.83. The molecule has 0 saturated carbocycles. The fourth-order valence-corrected chi connectivity index (χ4v) is 3.36. The molecule has 0 saturated heterocycles. The molecular formula is C26H48N2O8. The van der Waals surface area contributed by atoms with Crippen molar-refractivity contribution in [2.45, 2.75) is 72.3 Å². The first-order valence-electron chi connectivity index (χ1n) is 13.0. The van der Waals surface area contributed by atoms with Crippen LogP contribution in [0, 0.1) is 11.8 Å². The lowest BCUT2D eigenvalue weighted by atomic mass is 9.88. The molecule has 0 aliphatic rings. The van der Waals surface area contributed by atoms with Crippen LogP contribution in [0.3, 0.4) is 0 Å². The Bertz CT molecular complexity index is 627. The van der Waals surface area contributed by atoms with Gasteiger partial charge in [-0.3, -0.25) is 19.2 Å². The summed E-state index contributed by atoms with van der Waals surface area (Å²) in [5, 5.41) is 5.57. The molecule has 0 rings (SSSR count). The van der Waals surface area contributed by atoms with Gasteiger partial charge in [0.25, 0.3) is 0 Å². The molecule has 0 heterocycles. The zero-order chi connectivity index (χ0) is 27.2. The zero-order valence-corrected chi connectivity index (χ0v) is 22.9. The van der Waals surface area contributed by atoms with Crippen molar-refractivity contribution in [2.24, 2.45) is 11.8 Å². The second-order valence-corrected chi connectivity index (χ2v) is 9.09. The van der Waals surface area contributed by atoms with Crippen LogP contribution in [0.5, 0.6) is 0 Å². The van der Waals surface area contributed by atoms with Crippen LogP contribution in [-0.2, 0) is 38.1 Å². The number of hydrogen-bond donors (Lipinski definition) is 2. The minimum Gasteiger partial charge on any atom is -0.382 e. The number of amides is 2. The van der Waals surface area contributed by atoms with Crippen LogP contribution in [0.4, 0.5) is 0 Å². The van der Waals surface area contributed by atoms with Crippen LogP contribution in [0.1, 0.15) is 66.2 Å². The van der Waals surface area contributed by atoms with E-state index in [-0.39, 0.29) is 48.6 Å². The molecule has 0 aliphatic carbocycles. The number of Topliss-reactive ketones (excluding diaryl/α,β-unsaturated/α-hetero) is 2. The molecule has 0 fully saturated rings. The molecular weight excluding hydrogens is 468 g/mol. The summed E-state index contributed by atoms with van der Waals surface area (Å²) in [6.07, 6.45) is 2.47. The summed E-state index contributed by atoms with van der Waals surface area (Å²) in [6, 6.07) is -0.630. The molecule has 36 heavy (non-hydrogen) atoms. The largest absolute Gasteiger partial charge is 0.382 e. The van der Waals surface area contributed by atoms with Crippen molar-refractivity contribution in [3.05, 3.63) is 0 Å². The molecule has 0 aromatic carbocycles. The second-order valence-electron chi connectivity index (χ2n) is 9.09. The maximum Gasteiger partial charge on any atom is 0.220 e. The molecule has 210 valence electrons. The normalized spacial score (nSPS) is 12.8. The number of hydrogen-bond acceptors (Lipinski definition) is 8. The van der Waals surface area contributed by atoms with Crippen LogP contribution >= 0.6 is 0 Å². The monoisotopic (exact) mass is 516 g/mol. The third kappa shape index (κ3) is 18.4. The van der Waals surface area contributed by atoms with E-state index in [2.05, 4.69) is 10.6 Å². The number of ether oxygens (including phenoxy) is 4. The quantitative estimate of drug-likeness (QED) is 0.187. The SMILES string of the molecule is CCCCC(=O)N[C@H](C(=O)C[C@@H](CCC(=O)NCCOCCOCCOCCOC)C(C)=O)C(C)C. The van der Waals surface area contributed by atoms with Crippen molar-refractivity contribution >= 4 is 23.4 Å². The Morgan fingerprint density at radius 3 is 1.92 bits per heavy atom. The third-order valence-corrected chi connectivity index (χ3v) is 5.57.